The molecule has 0 saturated heterocycles. The van der Waals surface area contributed by atoms with Crippen molar-refractivity contribution in [3.63, 3.8) is 0 Å². The quantitative estimate of drug-likeness (QED) is 0.634. The third-order valence-corrected chi connectivity index (χ3v) is 6.77. The highest BCUT2D eigenvalue weighted by Crippen LogP contribution is 2.57. The standard InChI is InChI=1S/C23H36O/c1-14-8-15(2)11-18(10-14)21-19-12-16(3)9-17(19)13-20(22(21)24-7)23(4,5)6/h8,10-11,16-17,19-22H,9,12-13H2,1-7H3. The average Bonchev–Trinajstić information content (AvgIpc) is 2.82. The molecule has 0 N–H and O–H groups in total. The summed E-state index contributed by atoms with van der Waals surface area (Å²) in [5.74, 6) is 3.73. The van der Waals surface area contributed by atoms with Crippen molar-refractivity contribution < 1.29 is 4.74 Å². The summed E-state index contributed by atoms with van der Waals surface area (Å²) in [4.78, 5) is 0. The maximum atomic E-state index is 6.22. The number of methoxy groups -OCH3 is 1. The molecule has 2 aliphatic rings. The van der Waals surface area contributed by atoms with Crippen LogP contribution < -0.4 is 0 Å². The number of rotatable bonds is 2. The van der Waals surface area contributed by atoms with E-state index in [9.17, 15) is 0 Å². The molecule has 0 spiro atoms. The largest absolute Gasteiger partial charge is 0.381 e. The number of hydrogen-bond donors (Lipinski definition) is 0. The van der Waals surface area contributed by atoms with Gasteiger partial charge in [0.25, 0.3) is 0 Å². The third kappa shape index (κ3) is 3.29. The Morgan fingerprint density at radius 1 is 0.958 bits per heavy atom. The Kier molecular flexibility index (Phi) is 4.86. The zero-order valence-corrected chi connectivity index (χ0v) is 16.7. The Labute approximate surface area is 149 Å². The summed E-state index contributed by atoms with van der Waals surface area (Å²) in [5.41, 5.74) is 4.60. The molecule has 24 heavy (non-hydrogen) atoms. The van der Waals surface area contributed by atoms with Gasteiger partial charge in [0.05, 0.1) is 6.10 Å². The molecule has 6 atom stereocenters. The van der Waals surface area contributed by atoms with E-state index in [1.54, 1.807) is 0 Å². The minimum absolute atomic E-state index is 0.300. The van der Waals surface area contributed by atoms with Gasteiger partial charge in [0.1, 0.15) is 0 Å². The van der Waals surface area contributed by atoms with Crippen molar-refractivity contribution in [2.24, 2.45) is 29.1 Å². The number of ether oxygens (including phenoxy) is 1. The molecular formula is C23H36O. The van der Waals surface area contributed by atoms with Gasteiger partial charge in [-0.2, -0.15) is 0 Å². The summed E-state index contributed by atoms with van der Waals surface area (Å²) in [6.45, 7) is 14.1. The van der Waals surface area contributed by atoms with Gasteiger partial charge in [-0.05, 0) is 67.8 Å². The van der Waals surface area contributed by atoms with Crippen molar-refractivity contribution in [1.29, 1.82) is 0 Å². The topological polar surface area (TPSA) is 9.23 Å². The van der Waals surface area contributed by atoms with Gasteiger partial charge in [-0.15, -0.1) is 0 Å². The molecular weight excluding hydrogens is 292 g/mol. The second-order valence-electron chi connectivity index (χ2n) is 9.86. The second-order valence-corrected chi connectivity index (χ2v) is 9.86. The summed E-state index contributed by atoms with van der Waals surface area (Å²) in [5, 5.41) is 0. The molecule has 6 unspecified atom stereocenters. The monoisotopic (exact) mass is 328 g/mol. The van der Waals surface area contributed by atoms with Crippen LogP contribution in [0.15, 0.2) is 18.2 Å². The number of aryl methyl sites for hydroxylation is 2. The molecule has 0 radical (unpaired) electrons. The van der Waals surface area contributed by atoms with E-state index in [-0.39, 0.29) is 0 Å². The molecule has 1 aromatic carbocycles. The predicted molar refractivity (Wildman–Crippen MR) is 102 cm³/mol. The molecule has 3 rings (SSSR count). The van der Waals surface area contributed by atoms with E-state index in [0.717, 1.165) is 17.8 Å². The summed E-state index contributed by atoms with van der Waals surface area (Å²) in [6.07, 6.45) is 4.48. The van der Waals surface area contributed by atoms with E-state index in [1.165, 1.54) is 36.0 Å². The van der Waals surface area contributed by atoms with Gasteiger partial charge in [-0.1, -0.05) is 57.0 Å². The van der Waals surface area contributed by atoms with Crippen molar-refractivity contribution >= 4 is 0 Å². The smallest absolute Gasteiger partial charge is 0.0675 e. The molecule has 0 bridgehead atoms. The van der Waals surface area contributed by atoms with Crippen LogP contribution >= 0.6 is 0 Å². The summed E-state index contributed by atoms with van der Waals surface area (Å²) in [7, 11) is 1.94. The first-order valence-corrected chi connectivity index (χ1v) is 9.81. The van der Waals surface area contributed by atoms with E-state index < -0.39 is 0 Å². The molecule has 0 aromatic heterocycles. The molecule has 1 aromatic rings. The van der Waals surface area contributed by atoms with Crippen LogP contribution in [0.5, 0.6) is 0 Å². The lowest BCUT2D eigenvalue weighted by atomic mass is 9.59. The molecule has 1 heteroatoms. The number of benzene rings is 1. The van der Waals surface area contributed by atoms with Crippen molar-refractivity contribution in [2.45, 2.75) is 72.8 Å². The minimum Gasteiger partial charge on any atom is -0.381 e. The van der Waals surface area contributed by atoms with Crippen molar-refractivity contribution in [2.75, 3.05) is 7.11 Å². The first kappa shape index (κ1) is 18.0. The van der Waals surface area contributed by atoms with Crippen molar-refractivity contribution in [3.05, 3.63) is 34.9 Å². The molecule has 2 fully saturated rings. The van der Waals surface area contributed by atoms with Gasteiger partial charge in [0.2, 0.25) is 0 Å². The summed E-state index contributed by atoms with van der Waals surface area (Å²) in [6, 6.07) is 7.15. The van der Waals surface area contributed by atoms with Crippen LogP contribution in [0.4, 0.5) is 0 Å². The van der Waals surface area contributed by atoms with Gasteiger partial charge in [-0.3, -0.25) is 0 Å². The van der Waals surface area contributed by atoms with Crippen LogP contribution in [-0.2, 0) is 4.74 Å². The van der Waals surface area contributed by atoms with Gasteiger partial charge in [-0.25, -0.2) is 0 Å². The van der Waals surface area contributed by atoms with Crippen LogP contribution in [0, 0.1) is 42.9 Å². The SMILES string of the molecule is COC1C(c2cc(C)cc(C)c2)C2CC(C)CC2CC1C(C)(C)C. The van der Waals surface area contributed by atoms with E-state index in [0.29, 0.717) is 23.4 Å². The lowest BCUT2D eigenvalue weighted by Crippen LogP contribution is -2.46. The van der Waals surface area contributed by atoms with Gasteiger partial charge < -0.3 is 4.74 Å². The molecule has 0 amide bonds. The van der Waals surface area contributed by atoms with E-state index in [1.807, 2.05) is 7.11 Å². The number of hydrogen-bond acceptors (Lipinski definition) is 1. The predicted octanol–water partition coefficient (Wildman–Crippen LogP) is 6.13. The Morgan fingerprint density at radius 2 is 1.58 bits per heavy atom. The molecule has 1 nitrogen and oxygen atoms in total. The fourth-order valence-electron chi connectivity index (χ4n) is 5.91. The molecule has 2 aliphatic carbocycles. The molecule has 0 heterocycles. The van der Waals surface area contributed by atoms with Crippen LogP contribution in [-0.4, -0.2) is 13.2 Å². The second kappa shape index (κ2) is 6.48. The molecule has 134 valence electrons. The van der Waals surface area contributed by atoms with E-state index in [4.69, 9.17) is 4.74 Å². The summed E-state index contributed by atoms with van der Waals surface area (Å²) < 4.78 is 6.22. The van der Waals surface area contributed by atoms with E-state index >= 15 is 0 Å². The Bertz CT molecular complexity index is 562. The highest BCUT2D eigenvalue weighted by molar-refractivity contribution is 5.33. The normalized spacial score (nSPS) is 36.6. The summed E-state index contributed by atoms with van der Waals surface area (Å²) >= 11 is 0. The molecule has 2 saturated carbocycles. The van der Waals surface area contributed by atoms with Crippen LogP contribution in [0.1, 0.15) is 69.6 Å². The zero-order chi connectivity index (χ0) is 17.6. The number of fused-ring (bicyclic) bond motifs is 1. The Hall–Kier alpha value is -0.820. The first-order valence-electron chi connectivity index (χ1n) is 9.81. The maximum Gasteiger partial charge on any atom is 0.0675 e. The third-order valence-electron chi connectivity index (χ3n) is 6.77. The van der Waals surface area contributed by atoms with Crippen LogP contribution in [0.3, 0.4) is 0 Å². The maximum absolute atomic E-state index is 6.22. The average molecular weight is 329 g/mol. The van der Waals surface area contributed by atoms with Crippen molar-refractivity contribution in [1.82, 2.24) is 0 Å². The van der Waals surface area contributed by atoms with Gasteiger partial charge in [0.15, 0.2) is 0 Å². The van der Waals surface area contributed by atoms with Gasteiger partial charge >= 0.3 is 0 Å². The molecule has 0 aliphatic heterocycles. The van der Waals surface area contributed by atoms with Crippen molar-refractivity contribution in [3.8, 4) is 0 Å². The first-order chi connectivity index (χ1) is 11.2. The van der Waals surface area contributed by atoms with Crippen LogP contribution in [0.25, 0.3) is 0 Å². The zero-order valence-electron chi connectivity index (χ0n) is 16.7. The fourth-order valence-corrected chi connectivity index (χ4v) is 5.91. The lowest BCUT2D eigenvalue weighted by molar-refractivity contribution is -0.0687. The van der Waals surface area contributed by atoms with Crippen LogP contribution in [0.2, 0.25) is 0 Å². The minimum atomic E-state index is 0.300. The van der Waals surface area contributed by atoms with E-state index in [2.05, 4.69) is 59.7 Å². The Morgan fingerprint density at radius 3 is 2.12 bits per heavy atom. The fraction of sp³-hybridized carbons (Fsp3) is 0.739. The van der Waals surface area contributed by atoms with Gasteiger partial charge in [0, 0.05) is 13.0 Å². The lowest BCUT2D eigenvalue weighted by Gasteiger charge is -2.49. The highest BCUT2D eigenvalue weighted by atomic mass is 16.5. The Balaban J connectivity index is 2.06. The highest BCUT2D eigenvalue weighted by Gasteiger charge is 2.51.